The van der Waals surface area contributed by atoms with Gasteiger partial charge in [-0.05, 0) is 43.7 Å². The molecule has 0 unspecified atom stereocenters. The van der Waals surface area contributed by atoms with Crippen molar-refractivity contribution in [3.05, 3.63) is 54.1 Å². The van der Waals surface area contributed by atoms with E-state index in [4.69, 9.17) is 9.47 Å². The summed E-state index contributed by atoms with van der Waals surface area (Å²) in [6, 6.07) is 14.9. The number of para-hydroxylation sites is 2. The average molecular weight is 368 g/mol. The summed E-state index contributed by atoms with van der Waals surface area (Å²) in [7, 11) is 1.60. The Labute approximate surface area is 159 Å². The lowest BCUT2D eigenvalue weighted by Crippen LogP contribution is -2.54. The van der Waals surface area contributed by atoms with Gasteiger partial charge < -0.3 is 19.7 Å². The summed E-state index contributed by atoms with van der Waals surface area (Å²) < 4.78 is 10.5. The number of esters is 1. The minimum absolute atomic E-state index is 0.0487. The van der Waals surface area contributed by atoms with E-state index in [9.17, 15) is 9.59 Å². The van der Waals surface area contributed by atoms with Gasteiger partial charge in [-0.1, -0.05) is 24.3 Å². The van der Waals surface area contributed by atoms with Crippen LogP contribution in [0.1, 0.15) is 19.4 Å². The van der Waals surface area contributed by atoms with E-state index in [-0.39, 0.29) is 24.9 Å². The number of hydrogen-bond donors (Lipinski definition) is 1. The van der Waals surface area contributed by atoms with Crippen molar-refractivity contribution in [2.75, 3.05) is 30.5 Å². The molecule has 1 heterocycles. The van der Waals surface area contributed by atoms with Gasteiger partial charge in [-0.25, -0.2) is 0 Å². The first-order chi connectivity index (χ1) is 12.9. The van der Waals surface area contributed by atoms with E-state index < -0.39 is 5.54 Å². The fourth-order valence-corrected chi connectivity index (χ4v) is 3.09. The lowest BCUT2D eigenvalue weighted by Gasteiger charge is -2.39. The van der Waals surface area contributed by atoms with E-state index in [1.807, 2.05) is 50.2 Å². The highest BCUT2D eigenvalue weighted by molar-refractivity contribution is 6.07. The molecule has 0 fully saturated rings. The zero-order chi connectivity index (χ0) is 19.4. The number of anilines is 2. The maximum atomic E-state index is 12.7. The van der Waals surface area contributed by atoms with Crippen molar-refractivity contribution in [3.8, 4) is 5.75 Å². The molecule has 6 nitrogen and oxygen atoms in total. The van der Waals surface area contributed by atoms with Crippen molar-refractivity contribution in [1.82, 2.24) is 0 Å². The van der Waals surface area contributed by atoms with Gasteiger partial charge in [0, 0.05) is 0 Å². The van der Waals surface area contributed by atoms with Crippen molar-refractivity contribution >= 4 is 23.3 Å². The van der Waals surface area contributed by atoms with E-state index in [0.717, 1.165) is 22.7 Å². The van der Waals surface area contributed by atoms with E-state index in [1.165, 1.54) is 0 Å². The van der Waals surface area contributed by atoms with E-state index >= 15 is 0 Å². The first-order valence-electron chi connectivity index (χ1n) is 8.88. The van der Waals surface area contributed by atoms with Crippen LogP contribution < -0.4 is 15.0 Å². The zero-order valence-corrected chi connectivity index (χ0v) is 15.8. The van der Waals surface area contributed by atoms with Gasteiger partial charge in [-0.2, -0.15) is 0 Å². The number of benzene rings is 2. The van der Waals surface area contributed by atoms with Crippen molar-refractivity contribution in [1.29, 1.82) is 0 Å². The monoisotopic (exact) mass is 368 g/mol. The van der Waals surface area contributed by atoms with Gasteiger partial charge in [0.2, 0.25) is 0 Å². The minimum Gasteiger partial charge on any atom is -0.497 e. The number of hydrogen-bond acceptors (Lipinski definition) is 5. The average Bonchev–Trinajstić information content (AvgIpc) is 2.65. The molecule has 0 atom stereocenters. The van der Waals surface area contributed by atoms with Crippen LogP contribution in [0.25, 0.3) is 0 Å². The number of nitrogens with one attached hydrogen (secondary N) is 1. The maximum Gasteiger partial charge on any atom is 0.310 e. The largest absolute Gasteiger partial charge is 0.497 e. The second-order valence-electron chi connectivity index (χ2n) is 6.97. The zero-order valence-electron chi connectivity index (χ0n) is 15.8. The number of rotatable bonds is 6. The molecule has 0 spiro atoms. The number of amides is 1. The van der Waals surface area contributed by atoms with Crippen molar-refractivity contribution in [2.24, 2.45) is 0 Å². The number of ether oxygens (including phenoxy) is 2. The molecule has 0 saturated carbocycles. The van der Waals surface area contributed by atoms with Crippen LogP contribution in [-0.2, 0) is 20.7 Å². The highest BCUT2D eigenvalue weighted by Gasteiger charge is 2.38. The standard InChI is InChI=1S/C21H24N2O4/c1-21(2)20(25)23(18-7-5-4-6-17(18)22-21)12-13-27-19(24)14-15-8-10-16(26-3)11-9-15/h4-11,22H,12-14H2,1-3H3. The molecule has 0 saturated heterocycles. The molecule has 2 aromatic carbocycles. The van der Waals surface area contributed by atoms with Crippen LogP contribution in [0, 0.1) is 0 Å². The third kappa shape index (κ3) is 4.22. The molecule has 0 aliphatic carbocycles. The van der Waals surface area contributed by atoms with Gasteiger partial charge in [-0.3, -0.25) is 9.59 Å². The number of methoxy groups -OCH3 is 1. The van der Waals surface area contributed by atoms with E-state index in [2.05, 4.69) is 5.32 Å². The highest BCUT2D eigenvalue weighted by Crippen LogP contribution is 2.34. The van der Waals surface area contributed by atoms with Crippen LogP contribution in [0.2, 0.25) is 0 Å². The number of carbonyl (C=O) groups excluding carboxylic acids is 2. The van der Waals surface area contributed by atoms with Gasteiger partial charge in [0.05, 0.1) is 31.5 Å². The molecule has 0 aromatic heterocycles. The third-order valence-corrected chi connectivity index (χ3v) is 4.51. The molecule has 1 aliphatic heterocycles. The predicted molar refractivity (Wildman–Crippen MR) is 104 cm³/mol. The third-order valence-electron chi connectivity index (χ3n) is 4.51. The first-order valence-corrected chi connectivity index (χ1v) is 8.88. The van der Waals surface area contributed by atoms with Crippen molar-refractivity contribution in [3.63, 3.8) is 0 Å². The fraction of sp³-hybridized carbons (Fsp3) is 0.333. The summed E-state index contributed by atoms with van der Waals surface area (Å²) >= 11 is 0. The SMILES string of the molecule is COc1ccc(CC(=O)OCCN2C(=O)C(C)(C)Nc3ccccc32)cc1. The highest BCUT2D eigenvalue weighted by atomic mass is 16.5. The Morgan fingerprint density at radius 1 is 1.11 bits per heavy atom. The molecule has 1 amide bonds. The summed E-state index contributed by atoms with van der Waals surface area (Å²) in [4.78, 5) is 26.5. The Morgan fingerprint density at radius 3 is 2.52 bits per heavy atom. The number of fused-ring (bicyclic) bond motifs is 1. The predicted octanol–water partition coefficient (Wildman–Crippen LogP) is 3.02. The topological polar surface area (TPSA) is 67.9 Å². The Kier molecular flexibility index (Phi) is 5.35. The summed E-state index contributed by atoms with van der Waals surface area (Å²) in [5.41, 5.74) is 1.84. The summed E-state index contributed by atoms with van der Waals surface area (Å²) in [6.45, 7) is 4.14. The van der Waals surface area contributed by atoms with Crippen LogP contribution in [0.3, 0.4) is 0 Å². The molecule has 142 valence electrons. The van der Waals surface area contributed by atoms with Gasteiger partial charge in [0.25, 0.3) is 5.91 Å². The molecular formula is C21H24N2O4. The maximum absolute atomic E-state index is 12.7. The van der Waals surface area contributed by atoms with Crippen LogP contribution in [0.15, 0.2) is 48.5 Å². The molecule has 1 aliphatic rings. The van der Waals surface area contributed by atoms with E-state index in [1.54, 1.807) is 24.1 Å². The number of carbonyl (C=O) groups is 2. The Balaban J connectivity index is 1.59. The fourth-order valence-electron chi connectivity index (χ4n) is 3.09. The summed E-state index contributed by atoms with van der Waals surface area (Å²) in [6.07, 6.45) is 0.182. The van der Waals surface area contributed by atoms with E-state index in [0.29, 0.717) is 6.54 Å². The molecule has 0 bridgehead atoms. The molecule has 6 heteroatoms. The van der Waals surface area contributed by atoms with Gasteiger partial charge in [0.1, 0.15) is 17.9 Å². The minimum atomic E-state index is -0.707. The van der Waals surface area contributed by atoms with Gasteiger partial charge in [-0.15, -0.1) is 0 Å². The normalized spacial score (nSPS) is 14.9. The van der Waals surface area contributed by atoms with Crippen LogP contribution >= 0.6 is 0 Å². The smallest absolute Gasteiger partial charge is 0.310 e. The Bertz CT molecular complexity index is 830. The second kappa shape index (κ2) is 7.70. The lowest BCUT2D eigenvalue weighted by atomic mass is 9.98. The quantitative estimate of drug-likeness (QED) is 0.794. The van der Waals surface area contributed by atoms with Crippen molar-refractivity contribution < 1.29 is 19.1 Å². The van der Waals surface area contributed by atoms with Crippen LogP contribution in [0.4, 0.5) is 11.4 Å². The van der Waals surface area contributed by atoms with Gasteiger partial charge >= 0.3 is 5.97 Å². The molecule has 2 aromatic rings. The number of nitrogens with zero attached hydrogens (tertiary/aromatic N) is 1. The molecule has 3 rings (SSSR count). The summed E-state index contributed by atoms with van der Waals surface area (Å²) in [5.74, 6) is 0.369. The molecule has 27 heavy (non-hydrogen) atoms. The molecular weight excluding hydrogens is 344 g/mol. The first kappa shape index (κ1) is 18.8. The Hall–Kier alpha value is -3.02. The summed E-state index contributed by atoms with van der Waals surface area (Å²) in [5, 5.41) is 3.25. The van der Waals surface area contributed by atoms with Crippen molar-refractivity contribution in [2.45, 2.75) is 25.8 Å². The second-order valence-corrected chi connectivity index (χ2v) is 6.97. The van der Waals surface area contributed by atoms with Gasteiger partial charge in [0.15, 0.2) is 0 Å². The lowest BCUT2D eigenvalue weighted by molar-refractivity contribution is -0.142. The van der Waals surface area contributed by atoms with Crippen LogP contribution in [0.5, 0.6) is 5.75 Å². The van der Waals surface area contributed by atoms with Crippen LogP contribution in [-0.4, -0.2) is 37.7 Å². The molecule has 0 radical (unpaired) electrons. The Morgan fingerprint density at radius 2 is 1.81 bits per heavy atom. The molecule has 1 N–H and O–H groups in total.